The van der Waals surface area contributed by atoms with Crippen LogP contribution in [0, 0.1) is 11.3 Å². The van der Waals surface area contributed by atoms with Crippen LogP contribution in [-0.4, -0.2) is 60.0 Å². The van der Waals surface area contributed by atoms with Crippen molar-refractivity contribution >= 4 is 5.91 Å². The van der Waals surface area contributed by atoms with E-state index in [9.17, 15) is 15.0 Å². The lowest BCUT2D eigenvalue weighted by Gasteiger charge is -2.34. The Kier molecular flexibility index (Phi) is 6.96. The highest BCUT2D eigenvalue weighted by molar-refractivity contribution is 5.81. The van der Waals surface area contributed by atoms with E-state index in [2.05, 4.69) is 0 Å². The molecule has 2 aromatic carbocycles. The van der Waals surface area contributed by atoms with Gasteiger partial charge in [0.15, 0.2) is 11.5 Å². The summed E-state index contributed by atoms with van der Waals surface area (Å²) in [6, 6.07) is 15.4. The summed E-state index contributed by atoms with van der Waals surface area (Å²) >= 11 is 0. The van der Waals surface area contributed by atoms with Gasteiger partial charge in [-0.2, -0.15) is 0 Å². The molecule has 33 heavy (non-hydrogen) atoms. The van der Waals surface area contributed by atoms with Crippen LogP contribution in [0.15, 0.2) is 48.5 Å². The average molecular weight is 454 g/mol. The fraction of sp³-hybridized carbons (Fsp3) is 0.519. The molecule has 2 aliphatic rings. The third-order valence-corrected chi connectivity index (χ3v) is 7.32. The molecule has 0 radical (unpaired) electrons. The summed E-state index contributed by atoms with van der Waals surface area (Å²) < 4.78 is 11.5. The van der Waals surface area contributed by atoms with Gasteiger partial charge in [-0.05, 0) is 48.9 Å². The van der Waals surface area contributed by atoms with Gasteiger partial charge >= 0.3 is 0 Å². The van der Waals surface area contributed by atoms with Crippen LogP contribution >= 0.6 is 0 Å². The number of benzene rings is 2. The Labute approximate surface area is 196 Å². The van der Waals surface area contributed by atoms with Crippen molar-refractivity contribution < 1.29 is 24.5 Å². The van der Waals surface area contributed by atoms with Crippen molar-refractivity contribution in [2.24, 2.45) is 11.3 Å². The minimum absolute atomic E-state index is 0.0976. The quantitative estimate of drug-likeness (QED) is 0.608. The topological polar surface area (TPSA) is 79.2 Å². The first-order valence-corrected chi connectivity index (χ1v) is 11.8. The maximum Gasteiger partial charge on any atom is 0.251 e. The molecule has 0 aromatic heterocycles. The highest BCUT2D eigenvalue weighted by atomic mass is 16.5. The van der Waals surface area contributed by atoms with Gasteiger partial charge in [0.05, 0.1) is 19.8 Å². The van der Waals surface area contributed by atoms with E-state index in [-0.39, 0.29) is 18.2 Å². The van der Waals surface area contributed by atoms with Crippen molar-refractivity contribution in [3.8, 4) is 11.5 Å². The smallest absolute Gasteiger partial charge is 0.251 e. The fourth-order valence-electron chi connectivity index (χ4n) is 4.74. The van der Waals surface area contributed by atoms with Gasteiger partial charge in [0.25, 0.3) is 5.91 Å². The van der Waals surface area contributed by atoms with Crippen molar-refractivity contribution in [1.29, 1.82) is 0 Å². The lowest BCUT2D eigenvalue weighted by molar-refractivity contribution is -0.139. The van der Waals surface area contributed by atoms with Gasteiger partial charge in [0, 0.05) is 30.8 Å². The molecule has 4 atom stereocenters. The van der Waals surface area contributed by atoms with E-state index in [4.69, 9.17) is 9.47 Å². The number of hydrogen-bond acceptors (Lipinski definition) is 5. The summed E-state index contributed by atoms with van der Waals surface area (Å²) in [4.78, 5) is 14.8. The molecule has 1 amide bonds. The third-order valence-electron chi connectivity index (χ3n) is 7.32. The molecule has 6 heteroatoms. The van der Waals surface area contributed by atoms with Crippen molar-refractivity contribution in [3.63, 3.8) is 0 Å². The highest BCUT2D eigenvalue weighted by Gasteiger charge is 2.49. The molecule has 1 aliphatic carbocycles. The maximum atomic E-state index is 13.1. The standard InChI is InChI=1S/C27H35NO5/c1-18(29)27(2)17-28(26(31)23(30)13-19-7-5-4-6-8-19)15-22(27)21-11-12-24(32-3)25(14-21)33-16-20-9-10-20/h4-8,11-12,14,18,20,22-23,29-30H,9-10,13,15-17H2,1-3H3/t18-,22+,23+,27+/m1/s1. The Morgan fingerprint density at radius 1 is 1.15 bits per heavy atom. The molecule has 1 aliphatic heterocycles. The van der Waals surface area contributed by atoms with Crippen LogP contribution in [-0.2, 0) is 11.2 Å². The molecular weight excluding hydrogens is 418 g/mol. The molecular formula is C27H35NO5. The van der Waals surface area contributed by atoms with E-state index in [1.54, 1.807) is 18.9 Å². The van der Waals surface area contributed by atoms with E-state index < -0.39 is 17.6 Å². The Bertz CT molecular complexity index is 958. The van der Waals surface area contributed by atoms with E-state index in [0.29, 0.717) is 37.1 Å². The molecule has 178 valence electrons. The molecule has 4 rings (SSSR count). The number of rotatable bonds is 9. The van der Waals surface area contributed by atoms with Gasteiger partial charge in [-0.25, -0.2) is 0 Å². The molecule has 6 nitrogen and oxygen atoms in total. The number of aliphatic hydroxyl groups excluding tert-OH is 2. The minimum Gasteiger partial charge on any atom is -0.493 e. The lowest BCUT2D eigenvalue weighted by Crippen LogP contribution is -2.41. The van der Waals surface area contributed by atoms with Crippen LogP contribution in [0.25, 0.3) is 0 Å². The Balaban J connectivity index is 1.54. The number of hydrogen-bond donors (Lipinski definition) is 2. The van der Waals surface area contributed by atoms with Crippen molar-refractivity contribution in [1.82, 2.24) is 4.90 Å². The zero-order valence-electron chi connectivity index (χ0n) is 19.7. The van der Waals surface area contributed by atoms with Crippen LogP contribution in [0.4, 0.5) is 0 Å². The average Bonchev–Trinajstić information content (AvgIpc) is 3.58. The molecule has 0 bridgehead atoms. The zero-order chi connectivity index (χ0) is 23.6. The van der Waals surface area contributed by atoms with E-state index in [0.717, 1.165) is 11.1 Å². The van der Waals surface area contributed by atoms with Crippen molar-refractivity contribution in [2.45, 2.75) is 51.2 Å². The molecule has 1 saturated carbocycles. The summed E-state index contributed by atoms with van der Waals surface area (Å²) in [7, 11) is 1.63. The molecule has 2 aromatic rings. The second-order valence-electron chi connectivity index (χ2n) is 9.82. The van der Waals surface area contributed by atoms with Crippen LogP contribution in [0.2, 0.25) is 0 Å². The number of aliphatic hydroxyl groups is 2. The summed E-state index contributed by atoms with van der Waals surface area (Å²) in [6.45, 7) is 5.27. The van der Waals surface area contributed by atoms with E-state index in [1.165, 1.54) is 12.8 Å². The van der Waals surface area contributed by atoms with Crippen molar-refractivity contribution in [2.75, 3.05) is 26.8 Å². The summed E-state index contributed by atoms with van der Waals surface area (Å²) in [6.07, 6.45) is 0.927. The van der Waals surface area contributed by atoms with E-state index >= 15 is 0 Å². The molecule has 1 saturated heterocycles. The fourth-order valence-corrected chi connectivity index (χ4v) is 4.74. The summed E-state index contributed by atoms with van der Waals surface area (Å²) in [5, 5.41) is 21.4. The zero-order valence-corrected chi connectivity index (χ0v) is 19.7. The number of nitrogens with zero attached hydrogens (tertiary/aromatic N) is 1. The second-order valence-corrected chi connectivity index (χ2v) is 9.82. The number of likely N-dealkylation sites (tertiary alicyclic amines) is 1. The first-order valence-electron chi connectivity index (χ1n) is 11.8. The molecule has 0 spiro atoms. The predicted octanol–water partition coefficient (Wildman–Crippen LogP) is 3.40. The predicted molar refractivity (Wildman–Crippen MR) is 126 cm³/mol. The minimum atomic E-state index is -1.11. The Morgan fingerprint density at radius 3 is 2.52 bits per heavy atom. The van der Waals surface area contributed by atoms with Gasteiger partial charge < -0.3 is 24.6 Å². The molecule has 2 fully saturated rings. The van der Waals surface area contributed by atoms with E-state index in [1.807, 2.05) is 55.5 Å². The summed E-state index contributed by atoms with van der Waals surface area (Å²) in [5.74, 6) is 1.60. The lowest BCUT2D eigenvalue weighted by atomic mass is 9.72. The highest BCUT2D eigenvalue weighted by Crippen LogP contribution is 2.47. The number of carbonyl (C=O) groups is 1. The van der Waals surface area contributed by atoms with Gasteiger partial charge in [-0.3, -0.25) is 4.79 Å². The number of methoxy groups -OCH3 is 1. The molecule has 2 N–H and O–H groups in total. The largest absolute Gasteiger partial charge is 0.493 e. The molecule has 0 unspecified atom stereocenters. The monoisotopic (exact) mass is 453 g/mol. The first kappa shape index (κ1) is 23.6. The first-order chi connectivity index (χ1) is 15.8. The van der Waals surface area contributed by atoms with Gasteiger partial charge in [-0.15, -0.1) is 0 Å². The number of ether oxygens (including phenoxy) is 2. The molecule has 1 heterocycles. The van der Waals surface area contributed by atoms with Crippen LogP contribution in [0.3, 0.4) is 0 Å². The van der Waals surface area contributed by atoms with Gasteiger partial charge in [0.1, 0.15) is 6.10 Å². The Morgan fingerprint density at radius 2 is 1.88 bits per heavy atom. The van der Waals surface area contributed by atoms with Crippen LogP contribution in [0.5, 0.6) is 11.5 Å². The third kappa shape index (κ3) is 5.17. The summed E-state index contributed by atoms with van der Waals surface area (Å²) in [5.41, 5.74) is 1.36. The Hall–Kier alpha value is -2.57. The SMILES string of the molecule is COc1ccc([C@@H]2CN(C(=O)[C@@H](O)Cc3ccccc3)C[C@@]2(C)[C@@H](C)O)cc1OCC1CC1. The second kappa shape index (κ2) is 9.74. The van der Waals surface area contributed by atoms with Crippen LogP contribution in [0.1, 0.15) is 43.7 Å². The maximum absolute atomic E-state index is 13.1. The van der Waals surface area contributed by atoms with Crippen LogP contribution < -0.4 is 9.47 Å². The number of carbonyl (C=O) groups excluding carboxylic acids is 1. The van der Waals surface area contributed by atoms with Crippen molar-refractivity contribution in [3.05, 3.63) is 59.7 Å². The van der Waals surface area contributed by atoms with Gasteiger partial charge in [0.2, 0.25) is 0 Å². The van der Waals surface area contributed by atoms with Gasteiger partial charge in [-0.1, -0.05) is 43.3 Å². The normalized spacial score (nSPS) is 24.4. The number of amides is 1.